The minimum absolute atomic E-state index is 0.0620. The first-order valence-electron chi connectivity index (χ1n) is 12.2. The van der Waals surface area contributed by atoms with Gasteiger partial charge in [0.2, 0.25) is 5.78 Å². The molecule has 0 aromatic carbocycles. The summed E-state index contributed by atoms with van der Waals surface area (Å²) in [5, 5.41) is 9.89. The van der Waals surface area contributed by atoms with Gasteiger partial charge in [-0.15, -0.1) is 0 Å². The molecule has 0 heterocycles. The van der Waals surface area contributed by atoms with Gasteiger partial charge in [-0.05, 0) is 61.7 Å². The van der Waals surface area contributed by atoms with Crippen LogP contribution in [0.2, 0.25) is 0 Å². The lowest BCUT2D eigenvalue weighted by atomic mass is 9.48. The van der Waals surface area contributed by atoms with Crippen LogP contribution >= 0.6 is 0 Å². The highest BCUT2D eigenvalue weighted by molar-refractivity contribution is 5.92. The number of ketones is 2. The largest absolute Gasteiger partial charge is 0.450 e. The molecule has 3 saturated carbocycles. The average molecular weight is 431 g/mol. The minimum Gasteiger partial charge on any atom is -0.450 e. The molecule has 7 atom stereocenters. The fraction of sp³-hybridized carbons (Fsp3) is 0.808. The van der Waals surface area contributed by atoms with Crippen LogP contribution in [0.4, 0.5) is 0 Å². The molecule has 0 saturated heterocycles. The number of Topliss-reactive ketones (excluding diaryl/α,β-unsaturated/α-hetero) is 2. The Kier molecular flexibility index (Phi) is 5.73. The van der Waals surface area contributed by atoms with Gasteiger partial charge in [-0.3, -0.25) is 14.4 Å². The van der Waals surface area contributed by atoms with E-state index in [0.717, 1.165) is 25.7 Å². The Morgan fingerprint density at radius 2 is 2.00 bits per heavy atom. The van der Waals surface area contributed by atoms with Crippen LogP contribution in [-0.4, -0.2) is 34.9 Å². The van der Waals surface area contributed by atoms with Crippen LogP contribution in [0.5, 0.6) is 0 Å². The zero-order chi connectivity index (χ0) is 22.6. The molecule has 4 rings (SSSR count). The first kappa shape index (κ1) is 22.7. The van der Waals surface area contributed by atoms with Gasteiger partial charge in [-0.25, -0.2) is 0 Å². The lowest BCUT2D eigenvalue weighted by Gasteiger charge is -2.57. The summed E-state index contributed by atoms with van der Waals surface area (Å²) < 4.78 is 6.08. The molecule has 4 aliphatic carbocycles. The van der Waals surface area contributed by atoms with E-state index >= 15 is 0 Å². The van der Waals surface area contributed by atoms with Crippen LogP contribution in [-0.2, 0) is 19.1 Å². The number of hydrogen-bond donors (Lipinski definition) is 1. The number of aliphatic hydroxyl groups excluding tert-OH is 1. The normalized spacial score (nSPS) is 44.0. The number of rotatable bonds is 5. The van der Waals surface area contributed by atoms with E-state index in [-0.39, 0.29) is 35.4 Å². The van der Waals surface area contributed by atoms with Gasteiger partial charge in [0.25, 0.3) is 0 Å². The molecular weight excluding hydrogens is 392 g/mol. The zero-order valence-corrected chi connectivity index (χ0v) is 19.5. The molecule has 0 amide bonds. The van der Waals surface area contributed by atoms with Gasteiger partial charge in [0.1, 0.15) is 12.4 Å². The van der Waals surface area contributed by atoms with Crippen LogP contribution in [0.3, 0.4) is 0 Å². The van der Waals surface area contributed by atoms with Crippen molar-refractivity contribution in [2.24, 2.45) is 34.5 Å². The van der Waals surface area contributed by atoms with Gasteiger partial charge in [0, 0.05) is 30.6 Å². The third-order valence-electron chi connectivity index (χ3n) is 9.67. The monoisotopic (exact) mass is 430 g/mol. The molecule has 0 radical (unpaired) electrons. The van der Waals surface area contributed by atoms with Crippen molar-refractivity contribution in [2.75, 3.05) is 6.61 Å². The molecule has 0 unspecified atom stereocenters. The molecule has 0 spiro atoms. The SMILES string of the molecule is CCCC(=O)O[C@@]1(C(=O)CO)[C@H](C)C[C@H]2[C@@H]3CC[C@H]4CC(=O)CC[C@]4(C)C3=CC[C@@]21C. The molecular formula is C26H38O5. The topological polar surface area (TPSA) is 80.7 Å². The van der Waals surface area contributed by atoms with Crippen molar-refractivity contribution in [1.29, 1.82) is 0 Å². The van der Waals surface area contributed by atoms with Crippen LogP contribution in [0, 0.1) is 34.5 Å². The Bertz CT molecular complexity index is 815. The maximum Gasteiger partial charge on any atom is 0.306 e. The average Bonchev–Trinajstić information content (AvgIpc) is 2.96. The molecule has 0 bridgehead atoms. The van der Waals surface area contributed by atoms with Crippen molar-refractivity contribution < 1.29 is 24.2 Å². The lowest BCUT2D eigenvalue weighted by Crippen LogP contribution is -2.60. The summed E-state index contributed by atoms with van der Waals surface area (Å²) in [5.41, 5.74) is -0.233. The number of allylic oxidation sites excluding steroid dienone is 2. The lowest BCUT2D eigenvalue weighted by molar-refractivity contribution is -0.190. The molecule has 0 aromatic rings. The molecule has 0 aromatic heterocycles. The number of esters is 1. The van der Waals surface area contributed by atoms with E-state index in [2.05, 4.69) is 19.9 Å². The van der Waals surface area contributed by atoms with Crippen LogP contribution in [0.25, 0.3) is 0 Å². The van der Waals surface area contributed by atoms with Gasteiger partial charge in [0.15, 0.2) is 5.60 Å². The summed E-state index contributed by atoms with van der Waals surface area (Å²) in [6.07, 6.45) is 9.13. The Labute approximate surface area is 186 Å². The Morgan fingerprint density at radius 1 is 1.26 bits per heavy atom. The number of aliphatic hydroxyl groups is 1. The predicted molar refractivity (Wildman–Crippen MR) is 117 cm³/mol. The van der Waals surface area contributed by atoms with E-state index in [4.69, 9.17) is 4.74 Å². The molecule has 0 aliphatic heterocycles. The van der Waals surface area contributed by atoms with Crippen LogP contribution in [0.1, 0.15) is 85.5 Å². The van der Waals surface area contributed by atoms with Crippen molar-refractivity contribution in [3.63, 3.8) is 0 Å². The van der Waals surface area contributed by atoms with Crippen molar-refractivity contribution in [1.82, 2.24) is 0 Å². The number of carbonyl (C=O) groups is 3. The van der Waals surface area contributed by atoms with Crippen molar-refractivity contribution in [3.8, 4) is 0 Å². The van der Waals surface area contributed by atoms with E-state index in [0.29, 0.717) is 43.3 Å². The van der Waals surface area contributed by atoms with Gasteiger partial charge in [0.05, 0.1) is 0 Å². The third kappa shape index (κ3) is 3.09. The second-order valence-corrected chi connectivity index (χ2v) is 11.1. The van der Waals surface area contributed by atoms with Crippen LogP contribution < -0.4 is 0 Å². The Balaban J connectivity index is 1.75. The summed E-state index contributed by atoms with van der Waals surface area (Å²) in [7, 11) is 0. The van der Waals surface area contributed by atoms with Gasteiger partial charge in [-0.2, -0.15) is 0 Å². The summed E-state index contributed by atoms with van der Waals surface area (Å²) in [6, 6.07) is 0. The molecule has 31 heavy (non-hydrogen) atoms. The first-order chi connectivity index (χ1) is 14.6. The van der Waals surface area contributed by atoms with Crippen molar-refractivity contribution in [3.05, 3.63) is 11.6 Å². The van der Waals surface area contributed by atoms with Crippen LogP contribution in [0.15, 0.2) is 11.6 Å². The van der Waals surface area contributed by atoms with Gasteiger partial charge in [-0.1, -0.05) is 39.3 Å². The highest BCUT2D eigenvalue weighted by Crippen LogP contribution is 2.68. The van der Waals surface area contributed by atoms with Gasteiger partial charge >= 0.3 is 5.97 Å². The fourth-order valence-electron chi connectivity index (χ4n) is 8.07. The number of ether oxygens (including phenoxy) is 1. The van der Waals surface area contributed by atoms with E-state index in [1.54, 1.807) is 0 Å². The summed E-state index contributed by atoms with van der Waals surface area (Å²) in [5.74, 6) is 0.590. The smallest absolute Gasteiger partial charge is 0.306 e. The Morgan fingerprint density at radius 3 is 2.68 bits per heavy atom. The number of fused-ring (bicyclic) bond motifs is 5. The second kappa shape index (κ2) is 7.83. The molecule has 3 fully saturated rings. The third-order valence-corrected chi connectivity index (χ3v) is 9.67. The summed E-state index contributed by atoms with van der Waals surface area (Å²) in [4.78, 5) is 38.0. The maximum atomic E-state index is 13.2. The molecule has 4 aliphatic rings. The van der Waals surface area contributed by atoms with E-state index in [1.165, 1.54) is 5.57 Å². The van der Waals surface area contributed by atoms with Gasteiger partial charge < -0.3 is 9.84 Å². The summed E-state index contributed by atoms with van der Waals surface area (Å²) in [6.45, 7) is 7.79. The zero-order valence-electron chi connectivity index (χ0n) is 19.5. The first-order valence-corrected chi connectivity index (χ1v) is 12.2. The van der Waals surface area contributed by atoms with Crippen molar-refractivity contribution in [2.45, 2.75) is 91.1 Å². The second-order valence-electron chi connectivity index (χ2n) is 11.1. The maximum absolute atomic E-state index is 13.2. The molecule has 5 nitrogen and oxygen atoms in total. The van der Waals surface area contributed by atoms with E-state index < -0.39 is 17.6 Å². The predicted octanol–water partition coefficient (Wildman–Crippen LogP) is 4.41. The summed E-state index contributed by atoms with van der Waals surface area (Å²) >= 11 is 0. The standard InChI is InChI=1S/C26H38O5/c1-5-6-23(30)31-26(22(29)15-27)16(2)13-21-19-8-7-17-14-18(28)9-11-24(17,3)20(19)10-12-25(21,26)4/h10,16-17,19,21,27H,5-9,11-15H2,1-4H3/t16-,17+,19-,21+,24+,25+,26-/m1/s1. The molecule has 1 N–H and O–H groups in total. The fourth-order valence-corrected chi connectivity index (χ4v) is 8.07. The molecule has 172 valence electrons. The number of hydrogen-bond acceptors (Lipinski definition) is 5. The van der Waals surface area contributed by atoms with Crippen molar-refractivity contribution >= 4 is 17.5 Å². The highest BCUT2D eigenvalue weighted by Gasteiger charge is 2.70. The molecule has 5 heteroatoms. The highest BCUT2D eigenvalue weighted by atomic mass is 16.6. The van der Waals surface area contributed by atoms with E-state index in [1.807, 2.05) is 13.8 Å². The minimum atomic E-state index is -1.26. The number of carbonyl (C=O) groups excluding carboxylic acids is 3. The Hall–Kier alpha value is -1.49. The quantitative estimate of drug-likeness (QED) is 0.516. The van der Waals surface area contributed by atoms with E-state index in [9.17, 15) is 19.5 Å².